The molecule has 4 N–H and O–H groups in total. The van der Waals surface area contributed by atoms with E-state index in [1.807, 2.05) is 17.5 Å². The van der Waals surface area contributed by atoms with E-state index in [9.17, 15) is 14.7 Å². The molecule has 2 aliphatic heterocycles. The zero-order valence-electron chi connectivity index (χ0n) is 18.0. The molecule has 2 aliphatic rings. The van der Waals surface area contributed by atoms with Gasteiger partial charge in [0.15, 0.2) is 0 Å². The molecule has 0 bridgehead atoms. The molecule has 9 heteroatoms. The van der Waals surface area contributed by atoms with Crippen molar-refractivity contribution in [1.82, 2.24) is 15.5 Å². The van der Waals surface area contributed by atoms with Crippen molar-refractivity contribution in [3.05, 3.63) is 52.2 Å². The summed E-state index contributed by atoms with van der Waals surface area (Å²) in [4.78, 5) is 28.4. The van der Waals surface area contributed by atoms with Gasteiger partial charge < -0.3 is 25.8 Å². The van der Waals surface area contributed by atoms with Gasteiger partial charge in [-0.05, 0) is 49.0 Å². The second kappa shape index (κ2) is 10.4. The van der Waals surface area contributed by atoms with E-state index in [1.54, 1.807) is 35.6 Å². The van der Waals surface area contributed by atoms with Gasteiger partial charge in [-0.15, -0.1) is 11.3 Å². The lowest BCUT2D eigenvalue weighted by Crippen LogP contribution is -2.68. The summed E-state index contributed by atoms with van der Waals surface area (Å²) in [6.45, 7) is 2.64. The topological polar surface area (TPSA) is 103 Å². The number of carbonyl (C=O) groups excluding carboxylic acids is 2. The Kier molecular flexibility index (Phi) is 7.41. The number of nitrogens with one attached hydrogen (secondary N) is 3. The number of aliphatic hydroxyl groups is 1. The largest absolute Gasteiger partial charge is 0.394 e. The average Bonchev–Trinajstić information content (AvgIpc) is 3.35. The highest BCUT2D eigenvalue weighted by molar-refractivity contribution is 7.09. The van der Waals surface area contributed by atoms with E-state index in [4.69, 9.17) is 4.74 Å². The van der Waals surface area contributed by atoms with Gasteiger partial charge in [-0.25, -0.2) is 4.79 Å². The van der Waals surface area contributed by atoms with Crippen LogP contribution in [0, 0.1) is 0 Å². The fourth-order valence-corrected chi connectivity index (χ4v) is 5.10. The standard InChI is InChI=1S/C23H30N4O4S/c28-15-23(16-31-13-19-7-1-2-9-27(19)23)14-25-22(30)26-18-6-3-5-17(11-18)21(29)24-12-20-8-4-10-32-20/h3-6,8,10-11,19,28H,1-2,7,9,12-16H2,(H,24,29)(H2,25,26,30). The third-order valence-corrected chi connectivity index (χ3v) is 7.05. The Bertz CT molecular complexity index is 920. The number of amides is 3. The minimum absolute atomic E-state index is 0.0797. The van der Waals surface area contributed by atoms with Crippen LogP contribution >= 0.6 is 11.3 Å². The summed E-state index contributed by atoms with van der Waals surface area (Å²) >= 11 is 1.59. The Morgan fingerprint density at radius 3 is 2.94 bits per heavy atom. The van der Waals surface area contributed by atoms with E-state index >= 15 is 0 Å². The number of fused-ring (bicyclic) bond motifs is 1. The van der Waals surface area contributed by atoms with Crippen LogP contribution in [0.1, 0.15) is 34.5 Å². The molecule has 172 valence electrons. The molecule has 32 heavy (non-hydrogen) atoms. The molecule has 0 radical (unpaired) electrons. The monoisotopic (exact) mass is 458 g/mol. The number of nitrogens with zero attached hydrogens (tertiary/aromatic N) is 1. The first kappa shape index (κ1) is 22.7. The molecule has 4 rings (SSSR count). The Hall–Kier alpha value is -2.46. The van der Waals surface area contributed by atoms with Crippen molar-refractivity contribution >= 4 is 29.0 Å². The van der Waals surface area contributed by atoms with Crippen LogP contribution in [-0.2, 0) is 11.3 Å². The van der Waals surface area contributed by atoms with Gasteiger partial charge in [-0.3, -0.25) is 9.69 Å². The van der Waals surface area contributed by atoms with E-state index in [1.165, 1.54) is 0 Å². The normalized spacial score (nSPS) is 23.2. The molecule has 0 spiro atoms. The van der Waals surface area contributed by atoms with Crippen molar-refractivity contribution < 1.29 is 19.4 Å². The van der Waals surface area contributed by atoms with Crippen LogP contribution in [0.15, 0.2) is 41.8 Å². The van der Waals surface area contributed by atoms with Gasteiger partial charge in [0.2, 0.25) is 0 Å². The van der Waals surface area contributed by atoms with Gasteiger partial charge in [-0.2, -0.15) is 0 Å². The van der Waals surface area contributed by atoms with Gasteiger partial charge in [0, 0.05) is 28.7 Å². The first-order valence-electron chi connectivity index (χ1n) is 11.0. The number of hydrogen-bond acceptors (Lipinski definition) is 6. The minimum Gasteiger partial charge on any atom is -0.394 e. The highest BCUT2D eigenvalue weighted by atomic mass is 32.1. The summed E-state index contributed by atoms with van der Waals surface area (Å²) < 4.78 is 5.77. The third kappa shape index (κ3) is 5.29. The molecule has 2 saturated heterocycles. The molecule has 1 aromatic carbocycles. The fraction of sp³-hybridized carbons (Fsp3) is 0.478. The van der Waals surface area contributed by atoms with Gasteiger partial charge in [0.1, 0.15) is 0 Å². The summed E-state index contributed by atoms with van der Waals surface area (Å²) in [7, 11) is 0. The number of anilines is 1. The van der Waals surface area contributed by atoms with Crippen molar-refractivity contribution in [2.45, 2.75) is 37.4 Å². The van der Waals surface area contributed by atoms with Crippen molar-refractivity contribution in [3.63, 3.8) is 0 Å². The number of piperidine rings is 1. The molecule has 3 heterocycles. The maximum atomic E-state index is 12.6. The highest BCUT2D eigenvalue weighted by Crippen LogP contribution is 2.30. The number of benzene rings is 1. The summed E-state index contributed by atoms with van der Waals surface area (Å²) in [6, 6.07) is 10.7. The number of thiophene rings is 1. The smallest absolute Gasteiger partial charge is 0.319 e. The van der Waals surface area contributed by atoms with Crippen LogP contribution in [0.2, 0.25) is 0 Å². The Morgan fingerprint density at radius 2 is 2.12 bits per heavy atom. The van der Waals surface area contributed by atoms with Crippen molar-refractivity contribution in [3.8, 4) is 0 Å². The molecule has 2 atom stereocenters. The number of morpholine rings is 1. The van der Waals surface area contributed by atoms with E-state index in [0.29, 0.717) is 37.1 Å². The average molecular weight is 459 g/mol. The lowest BCUT2D eigenvalue weighted by molar-refractivity contribution is -0.132. The third-order valence-electron chi connectivity index (χ3n) is 6.18. The maximum Gasteiger partial charge on any atom is 0.319 e. The molecule has 2 unspecified atom stereocenters. The van der Waals surface area contributed by atoms with Crippen molar-refractivity contribution in [2.75, 3.05) is 38.2 Å². The Balaban J connectivity index is 1.32. The maximum absolute atomic E-state index is 12.6. The molecule has 3 amide bonds. The number of rotatable bonds is 7. The SMILES string of the molecule is O=C(NCC1(CO)COCC2CCCCN21)Nc1cccc(C(=O)NCc2cccs2)c1. The molecule has 0 saturated carbocycles. The number of hydrogen-bond donors (Lipinski definition) is 4. The van der Waals surface area contributed by atoms with E-state index in [-0.39, 0.29) is 25.1 Å². The van der Waals surface area contributed by atoms with Gasteiger partial charge >= 0.3 is 6.03 Å². The number of aliphatic hydroxyl groups excluding tert-OH is 1. The molecule has 1 aromatic heterocycles. The molecule has 2 aromatic rings. The second-order valence-corrected chi connectivity index (χ2v) is 9.42. The predicted molar refractivity (Wildman–Crippen MR) is 124 cm³/mol. The van der Waals surface area contributed by atoms with Crippen molar-refractivity contribution in [2.24, 2.45) is 0 Å². The van der Waals surface area contributed by atoms with Crippen LogP contribution in [0.3, 0.4) is 0 Å². The summed E-state index contributed by atoms with van der Waals surface area (Å²) in [5.41, 5.74) is 0.396. The fourth-order valence-electron chi connectivity index (χ4n) is 4.45. The zero-order valence-corrected chi connectivity index (χ0v) is 18.8. The summed E-state index contributed by atoms with van der Waals surface area (Å²) in [5.74, 6) is -0.197. The lowest BCUT2D eigenvalue weighted by atomic mass is 9.89. The second-order valence-electron chi connectivity index (χ2n) is 8.39. The van der Waals surface area contributed by atoms with Crippen LogP contribution in [-0.4, -0.2) is 66.4 Å². The van der Waals surface area contributed by atoms with Gasteiger partial charge in [0.05, 0.1) is 31.9 Å². The summed E-state index contributed by atoms with van der Waals surface area (Å²) in [5, 5.41) is 20.7. The quantitative estimate of drug-likeness (QED) is 0.510. The van der Waals surface area contributed by atoms with Gasteiger partial charge in [-0.1, -0.05) is 18.6 Å². The van der Waals surface area contributed by atoms with E-state index in [2.05, 4.69) is 20.9 Å². The number of ether oxygens (including phenoxy) is 1. The molecular formula is C23H30N4O4S. The van der Waals surface area contributed by atoms with E-state index < -0.39 is 5.54 Å². The van der Waals surface area contributed by atoms with Crippen LogP contribution in [0.25, 0.3) is 0 Å². The summed E-state index contributed by atoms with van der Waals surface area (Å²) in [6.07, 6.45) is 3.30. The lowest BCUT2D eigenvalue weighted by Gasteiger charge is -2.52. The van der Waals surface area contributed by atoms with E-state index in [0.717, 1.165) is 30.7 Å². The van der Waals surface area contributed by atoms with Crippen LogP contribution < -0.4 is 16.0 Å². The molecule has 8 nitrogen and oxygen atoms in total. The molecule has 2 fully saturated rings. The predicted octanol–water partition coefficient (Wildman–Crippen LogP) is 2.42. The first-order valence-corrected chi connectivity index (χ1v) is 11.9. The first-order chi connectivity index (χ1) is 15.6. The van der Waals surface area contributed by atoms with Crippen LogP contribution in [0.4, 0.5) is 10.5 Å². The van der Waals surface area contributed by atoms with Crippen LogP contribution in [0.5, 0.6) is 0 Å². The highest BCUT2D eigenvalue weighted by Gasteiger charge is 2.45. The molecule has 0 aliphatic carbocycles. The minimum atomic E-state index is -0.607. The number of carbonyl (C=O) groups is 2. The van der Waals surface area contributed by atoms with Gasteiger partial charge in [0.25, 0.3) is 5.91 Å². The number of urea groups is 1. The Morgan fingerprint density at radius 1 is 1.22 bits per heavy atom. The van der Waals surface area contributed by atoms with Crippen molar-refractivity contribution in [1.29, 1.82) is 0 Å². The zero-order chi connectivity index (χ0) is 22.4. The molecular weight excluding hydrogens is 428 g/mol. The Labute approximate surface area is 192 Å².